The fourth-order valence-electron chi connectivity index (χ4n) is 1.64. The molecule has 0 aliphatic carbocycles. The molecule has 3 N–H and O–H groups in total. The van der Waals surface area contributed by atoms with E-state index in [0.29, 0.717) is 16.8 Å². The van der Waals surface area contributed by atoms with Crippen LogP contribution in [0.4, 0.5) is 5.82 Å². The molecule has 0 saturated carbocycles. The number of rotatable bonds is 4. The summed E-state index contributed by atoms with van der Waals surface area (Å²) in [5, 5.41) is 3.54. The standard InChI is InChI=1S/C13H21ClN4O/c1-12(2,3)11-16-8(14)6-10(17-11)18-13(4,5)7-9(15)19/h6H,7H2,1-5H3,(H2,15,19)(H,16,17,18). The van der Waals surface area contributed by atoms with E-state index in [-0.39, 0.29) is 17.7 Å². The SMILES string of the molecule is CC(C)(CC(N)=O)Nc1cc(Cl)nc(C(C)(C)C)n1. The number of anilines is 1. The minimum absolute atomic E-state index is 0.199. The van der Waals surface area contributed by atoms with Gasteiger partial charge in [-0.05, 0) is 13.8 Å². The Labute approximate surface area is 119 Å². The van der Waals surface area contributed by atoms with Crippen LogP contribution < -0.4 is 11.1 Å². The largest absolute Gasteiger partial charge is 0.370 e. The number of nitrogens with two attached hydrogens (primary N) is 1. The number of nitrogens with zero attached hydrogens (tertiary/aromatic N) is 2. The predicted molar refractivity (Wildman–Crippen MR) is 77.3 cm³/mol. The highest BCUT2D eigenvalue weighted by Crippen LogP contribution is 2.24. The van der Waals surface area contributed by atoms with E-state index in [1.165, 1.54) is 0 Å². The van der Waals surface area contributed by atoms with Crippen LogP contribution in [-0.4, -0.2) is 21.4 Å². The molecule has 1 aromatic rings. The fraction of sp³-hybridized carbons (Fsp3) is 0.615. The normalized spacial score (nSPS) is 12.3. The summed E-state index contributed by atoms with van der Waals surface area (Å²) in [5.41, 5.74) is 4.54. The van der Waals surface area contributed by atoms with Crippen LogP contribution in [0.25, 0.3) is 0 Å². The third-order valence-electron chi connectivity index (χ3n) is 2.45. The van der Waals surface area contributed by atoms with Gasteiger partial charge in [0.25, 0.3) is 0 Å². The molecular weight excluding hydrogens is 264 g/mol. The third kappa shape index (κ3) is 5.03. The Morgan fingerprint density at radius 1 is 1.32 bits per heavy atom. The van der Waals surface area contributed by atoms with Crippen molar-refractivity contribution in [2.24, 2.45) is 5.73 Å². The third-order valence-corrected chi connectivity index (χ3v) is 2.64. The number of primary amides is 1. The summed E-state index contributed by atoms with van der Waals surface area (Å²) < 4.78 is 0. The van der Waals surface area contributed by atoms with Gasteiger partial charge in [0.1, 0.15) is 16.8 Å². The lowest BCUT2D eigenvalue weighted by atomic mass is 9.95. The first-order chi connectivity index (χ1) is 8.49. The smallest absolute Gasteiger partial charge is 0.219 e. The van der Waals surface area contributed by atoms with Crippen molar-refractivity contribution in [2.45, 2.75) is 52.0 Å². The zero-order valence-corrected chi connectivity index (χ0v) is 12.8. The average Bonchev–Trinajstić information content (AvgIpc) is 2.11. The van der Waals surface area contributed by atoms with Gasteiger partial charge in [0.2, 0.25) is 5.91 Å². The molecule has 1 rings (SSSR count). The molecule has 1 aromatic heterocycles. The van der Waals surface area contributed by atoms with Crippen LogP contribution in [0, 0.1) is 0 Å². The van der Waals surface area contributed by atoms with Gasteiger partial charge in [-0.25, -0.2) is 9.97 Å². The van der Waals surface area contributed by atoms with Gasteiger partial charge in [0.05, 0.1) is 0 Å². The molecule has 0 bridgehead atoms. The second kappa shape index (κ2) is 5.33. The van der Waals surface area contributed by atoms with Crippen LogP contribution in [0.5, 0.6) is 0 Å². The quantitative estimate of drug-likeness (QED) is 0.833. The molecule has 6 heteroatoms. The van der Waals surface area contributed by atoms with Crippen molar-refractivity contribution in [1.82, 2.24) is 9.97 Å². The van der Waals surface area contributed by atoms with Crippen LogP contribution in [0.15, 0.2) is 6.07 Å². The maximum atomic E-state index is 11.0. The van der Waals surface area contributed by atoms with Gasteiger partial charge in [0.15, 0.2) is 0 Å². The van der Waals surface area contributed by atoms with Crippen molar-refractivity contribution in [1.29, 1.82) is 0 Å². The first-order valence-electron chi connectivity index (χ1n) is 6.11. The molecule has 0 unspecified atom stereocenters. The van der Waals surface area contributed by atoms with Gasteiger partial charge in [-0.1, -0.05) is 32.4 Å². The topological polar surface area (TPSA) is 80.9 Å². The Morgan fingerprint density at radius 2 is 1.89 bits per heavy atom. The maximum absolute atomic E-state index is 11.0. The van der Waals surface area contributed by atoms with Gasteiger partial charge in [0, 0.05) is 23.4 Å². The van der Waals surface area contributed by atoms with Crippen LogP contribution >= 0.6 is 11.6 Å². The summed E-state index contributed by atoms with van der Waals surface area (Å²) in [6.45, 7) is 9.79. The van der Waals surface area contributed by atoms with Gasteiger partial charge >= 0.3 is 0 Å². The summed E-state index contributed by atoms with van der Waals surface area (Å²) in [6, 6.07) is 1.64. The number of nitrogens with one attached hydrogen (secondary N) is 1. The van der Waals surface area contributed by atoms with Crippen LogP contribution in [0.3, 0.4) is 0 Å². The number of amides is 1. The number of aromatic nitrogens is 2. The summed E-state index contributed by atoms with van der Waals surface area (Å²) in [6.07, 6.45) is 0.208. The Balaban J connectivity index is 3.02. The molecule has 106 valence electrons. The van der Waals surface area contributed by atoms with Gasteiger partial charge < -0.3 is 11.1 Å². The lowest BCUT2D eigenvalue weighted by Gasteiger charge is -2.26. The van der Waals surface area contributed by atoms with Gasteiger partial charge in [-0.2, -0.15) is 0 Å². The Morgan fingerprint density at radius 3 is 2.37 bits per heavy atom. The minimum Gasteiger partial charge on any atom is -0.370 e. The summed E-state index contributed by atoms with van der Waals surface area (Å²) in [7, 11) is 0. The molecule has 0 radical (unpaired) electrons. The molecule has 0 aliphatic rings. The van der Waals surface area contributed by atoms with Crippen LogP contribution in [0.1, 0.15) is 46.9 Å². The van der Waals surface area contributed by atoms with Crippen LogP contribution in [0.2, 0.25) is 5.15 Å². The molecule has 0 spiro atoms. The van der Waals surface area contributed by atoms with Crippen molar-refractivity contribution in [3.05, 3.63) is 17.0 Å². The van der Waals surface area contributed by atoms with Crippen LogP contribution in [-0.2, 0) is 10.2 Å². The lowest BCUT2D eigenvalue weighted by molar-refractivity contribution is -0.118. The summed E-state index contributed by atoms with van der Waals surface area (Å²) in [5.74, 6) is 0.877. The molecule has 1 heterocycles. The first kappa shape index (κ1) is 15.7. The Bertz CT molecular complexity index is 480. The van der Waals surface area contributed by atoms with E-state index in [1.807, 2.05) is 34.6 Å². The zero-order chi connectivity index (χ0) is 14.8. The number of carbonyl (C=O) groups is 1. The fourth-order valence-corrected chi connectivity index (χ4v) is 1.83. The monoisotopic (exact) mass is 284 g/mol. The van der Waals surface area contributed by atoms with E-state index in [1.54, 1.807) is 6.07 Å². The van der Waals surface area contributed by atoms with E-state index in [9.17, 15) is 4.79 Å². The molecule has 5 nitrogen and oxygen atoms in total. The number of halogens is 1. The molecule has 1 amide bonds. The van der Waals surface area contributed by atoms with Gasteiger partial charge in [-0.3, -0.25) is 4.79 Å². The number of carbonyl (C=O) groups excluding carboxylic acids is 1. The lowest BCUT2D eigenvalue weighted by Crippen LogP contribution is -2.36. The Hall–Kier alpha value is -1.36. The van der Waals surface area contributed by atoms with E-state index in [2.05, 4.69) is 15.3 Å². The van der Waals surface area contributed by atoms with E-state index in [0.717, 1.165) is 0 Å². The summed E-state index contributed by atoms with van der Waals surface area (Å²) >= 11 is 6.01. The zero-order valence-electron chi connectivity index (χ0n) is 12.0. The molecule has 0 aromatic carbocycles. The Kier molecular flexibility index (Phi) is 4.40. The first-order valence-corrected chi connectivity index (χ1v) is 6.49. The van der Waals surface area contributed by atoms with E-state index >= 15 is 0 Å². The highest BCUT2D eigenvalue weighted by atomic mass is 35.5. The summed E-state index contributed by atoms with van der Waals surface area (Å²) in [4.78, 5) is 19.7. The van der Waals surface area contributed by atoms with Crippen molar-refractivity contribution in [2.75, 3.05) is 5.32 Å². The predicted octanol–water partition coefficient (Wildman–Crippen LogP) is 2.49. The average molecular weight is 285 g/mol. The van der Waals surface area contributed by atoms with Crippen molar-refractivity contribution >= 4 is 23.3 Å². The van der Waals surface area contributed by atoms with Crippen molar-refractivity contribution < 1.29 is 4.79 Å². The molecule has 0 aliphatic heterocycles. The van der Waals surface area contributed by atoms with Gasteiger partial charge in [-0.15, -0.1) is 0 Å². The molecular formula is C13H21ClN4O. The molecule has 0 fully saturated rings. The van der Waals surface area contributed by atoms with Crippen molar-refractivity contribution in [3.8, 4) is 0 Å². The number of hydrogen-bond acceptors (Lipinski definition) is 4. The highest BCUT2D eigenvalue weighted by Gasteiger charge is 2.23. The second-order valence-electron chi connectivity index (χ2n) is 6.30. The number of hydrogen-bond donors (Lipinski definition) is 2. The maximum Gasteiger partial charge on any atom is 0.219 e. The van der Waals surface area contributed by atoms with E-state index < -0.39 is 5.54 Å². The molecule has 19 heavy (non-hydrogen) atoms. The van der Waals surface area contributed by atoms with E-state index in [4.69, 9.17) is 17.3 Å². The highest BCUT2D eigenvalue weighted by molar-refractivity contribution is 6.29. The minimum atomic E-state index is -0.487. The molecule has 0 atom stereocenters. The molecule has 0 saturated heterocycles. The second-order valence-corrected chi connectivity index (χ2v) is 6.69. The van der Waals surface area contributed by atoms with Crippen molar-refractivity contribution in [3.63, 3.8) is 0 Å².